The number of benzene rings is 1. The topological polar surface area (TPSA) is 49.7 Å². The summed E-state index contributed by atoms with van der Waals surface area (Å²) in [5.74, 6) is 0.956. The maximum absolute atomic E-state index is 11.0. The van der Waals surface area contributed by atoms with Crippen LogP contribution in [0, 0.1) is 5.92 Å². The Labute approximate surface area is 121 Å². The van der Waals surface area contributed by atoms with E-state index in [4.69, 9.17) is 4.74 Å². The van der Waals surface area contributed by atoms with Gasteiger partial charge in [0.05, 0.1) is 12.7 Å². The molecule has 3 nitrogen and oxygen atoms in total. The zero-order valence-corrected chi connectivity index (χ0v) is 12.5. The molecule has 1 aliphatic rings. The van der Waals surface area contributed by atoms with Gasteiger partial charge in [0, 0.05) is 0 Å². The molecule has 0 bridgehead atoms. The predicted molar refractivity (Wildman–Crippen MR) is 79.8 cm³/mol. The van der Waals surface area contributed by atoms with Crippen LogP contribution in [0.4, 0.5) is 0 Å². The maximum Gasteiger partial charge on any atom is 0.118 e. The van der Waals surface area contributed by atoms with Crippen molar-refractivity contribution in [3.8, 4) is 5.75 Å². The third-order valence-corrected chi connectivity index (χ3v) is 4.78. The van der Waals surface area contributed by atoms with Crippen LogP contribution >= 0.6 is 0 Å². The summed E-state index contributed by atoms with van der Waals surface area (Å²) in [6.07, 6.45) is 5.32. The molecule has 1 saturated carbocycles. The van der Waals surface area contributed by atoms with Crippen LogP contribution in [0.2, 0.25) is 0 Å². The highest BCUT2D eigenvalue weighted by Crippen LogP contribution is 2.42. The first-order valence-electron chi connectivity index (χ1n) is 7.66. The lowest BCUT2D eigenvalue weighted by atomic mass is 9.71. The van der Waals surface area contributed by atoms with Crippen molar-refractivity contribution in [1.29, 1.82) is 0 Å². The summed E-state index contributed by atoms with van der Waals surface area (Å²) in [4.78, 5) is 0. The Hall–Kier alpha value is -1.06. The van der Waals surface area contributed by atoms with Gasteiger partial charge in [-0.3, -0.25) is 0 Å². The molecule has 20 heavy (non-hydrogen) atoms. The van der Waals surface area contributed by atoms with Gasteiger partial charge < -0.3 is 14.9 Å². The minimum Gasteiger partial charge on any atom is -0.497 e. The monoisotopic (exact) mass is 278 g/mol. The zero-order chi connectivity index (χ0) is 14.6. The molecular weight excluding hydrogens is 252 g/mol. The van der Waals surface area contributed by atoms with Gasteiger partial charge in [0.2, 0.25) is 0 Å². The van der Waals surface area contributed by atoms with Crippen molar-refractivity contribution in [3.63, 3.8) is 0 Å². The van der Waals surface area contributed by atoms with Crippen molar-refractivity contribution >= 4 is 0 Å². The second kappa shape index (κ2) is 6.59. The van der Waals surface area contributed by atoms with E-state index in [-0.39, 0.29) is 5.92 Å². The molecule has 1 fully saturated rings. The van der Waals surface area contributed by atoms with E-state index in [0.29, 0.717) is 6.42 Å². The molecule has 1 aliphatic carbocycles. The van der Waals surface area contributed by atoms with Gasteiger partial charge in [-0.15, -0.1) is 0 Å². The highest BCUT2D eigenvalue weighted by atomic mass is 16.5. The third-order valence-electron chi connectivity index (χ3n) is 4.78. The van der Waals surface area contributed by atoms with Crippen molar-refractivity contribution in [1.82, 2.24) is 0 Å². The molecule has 2 N–H and O–H groups in total. The molecule has 0 aliphatic heterocycles. The van der Waals surface area contributed by atoms with Crippen LogP contribution in [0.25, 0.3) is 0 Å². The fourth-order valence-electron chi connectivity index (χ4n) is 3.38. The molecule has 0 spiro atoms. The highest BCUT2D eigenvalue weighted by Gasteiger charge is 2.42. The standard InChI is InChI=1S/C17H26O3/c1-3-17(19,14-7-5-4-6-8-14)16(18)13-9-11-15(20-2)12-10-13/h9-12,14,16,18-19H,3-8H2,1-2H3. The number of methoxy groups -OCH3 is 1. The van der Waals surface area contributed by atoms with Gasteiger partial charge in [-0.2, -0.15) is 0 Å². The number of aliphatic hydroxyl groups excluding tert-OH is 1. The number of hydrogen-bond donors (Lipinski definition) is 2. The van der Waals surface area contributed by atoms with E-state index in [2.05, 4.69) is 0 Å². The number of rotatable bonds is 5. The van der Waals surface area contributed by atoms with E-state index in [9.17, 15) is 10.2 Å². The van der Waals surface area contributed by atoms with Crippen LogP contribution in [-0.4, -0.2) is 22.9 Å². The average Bonchev–Trinajstić information content (AvgIpc) is 2.54. The van der Waals surface area contributed by atoms with E-state index in [0.717, 1.165) is 37.0 Å². The minimum absolute atomic E-state index is 0.193. The Balaban J connectivity index is 2.19. The van der Waals surface area contributed by atoms with Crippen LogP contribution in [0.15, 0.2) is 24.3 Å². The van der Waals surface area contributed by atoms with Crippen LogP contribution in [0.1, 0.15) is 57.1 Å². The van der Waals surface area contributed by atoms with Gasteiger partial charge in [0.1, 0.15) is 11.9 Å². The van der Waals surface area contributed by atoms with Gasteiger partial charge in [-0.1, -0.05) is 38.3 Å². The lowest BCUT2D eigenvalue weighted by molar-refractivity contribution is -0.127. The van der Waals surface area contributed by atoms with Crippen molar-refractivity contribution in [2.75, 3.05) is 7.11 Å². The first-order chi connectivity index (χ1) is 9.61. The van der Waals surface area contributed by atoms with Crippen molar-refractivity contribution in [2.45, 2.75) is 57.2 Å². The summed E-state index contributed by atoms with van der Waals surface area (Å²) in [6, 6.07) is 7.34. The molecule has 1 aromatic carbocycles. The smallest absolute Gasteiger partial charge is 0.118 e. The maximum atomic E-state index is 11.0. The van der Waals surface area contributed by atoms with E-state index in [1.54, 1.807) is 7.11 Å². The largest absolute Gasteiger partial charge is 0.497 e. The van der Waals surface area contributed by atoms with Gasteiger partial charge in [-0.05, 0) is 42.9 Å². The van der Waals surface area contributed by atoms with Gasteiger partial charge in [-0.25, -0.2) is 0 Å². The van der Waals surface area contributed by atoms with Crippen molar-refractivity contribution in [2.24, 2.45) is 5.92 Å². The lowest BCUT2D eigenvalue weighted by Gasteiger charge is -2.41. The molecule has 1 aromatic rings. The summed E-state index contributed by atoms with van der Waals surface area (Å²) < 4.78 is 5.13. The molecule has 0 radical (unpaired) electrons. The Morgan fingerprint density at radius 3 is 2.30 bits per heavy atom. The van der Waals surface area contributed by atoms with Gasteiger partial charge in [0.15, 0.2) is 0 Å². The molecule has 112 valence electrons. The van der Waals surface area contributed by atoms with Crippen LogP contribution in [0.5, 0.6) is 5.75 Å². The van der Waals surface area contributed by atoms with Crippen molar-refractivity contribution < 1.29 is 14.9 Å². The average molecular weight is 278 g/mol. The highest BCUT2D eigenvalue weighted by molar-refractivity contribution is 5.30. The molecule has 0 amide bonds. The van der Waals surface area contributed by atoms with Crippen LogP contribution in [-0.2, 0) is 0 Å². The molecule has 2 rings (SSSR count). The first-order valence-corrected chi connectivity index (χ1v) is 7.66. The Morgan fingerprint density at radius 1 is 1.20 bits per heavy atom. The van der Waals surface area contributed by atoms with Gasteiger partial charge >= 0.3 is 0 Å². The summed E-state index contributed by atoms with van der Waals surface area (Å²) in [7, 11) is 1.62. The summed E-state index contributed by atoms with van der Waals surface area (Å²) in [5, 5.41) is 21.7. The molecule has 2 unspecified atom stereocenters. The first kappa shape index (κ1) is 15.3. The predicted octanol–water partition coefficient (Wildman–Crippen LogP) is 3.45. The number of aliphatic hydroxyl groups is 2. The molecule has 3 heteroatoms. The lowest BCUT2D eigenvalue weighted by Crippen LogP contribution is -2.44. The fourth-order valence-corrected chi connectivity index (χ4v) is 3.38. The van der Waals surface area contributed by atoms with E-state index in [1.807, 2.05) is 31.2 Å². The summed E-state index contributed by atoms with van der Waals surface area (Å²) in [5.41, 5.74) is -0.254. The van der Waals surface area contributed by atoms with Crippen LogP contribution in [0.3, 0.4) is 0 Å². The quantitative estimate of drug-likeness (QED) is 0.867. The SMILES string of the molecule is CCC(O)(C1CCCCC1)C(O)c1ccc(OC)cc1. The summed E-state index contributed by atoms with van der Waals surface area (Å²) >= 11 is 0. The second-order valence-electron chi connectivity index (χ2n) is 5.86. The molecule has 0 aromatic heterocycles. The number of ether oxygens (including phenoxy) is 1. The van der Waals surface area contributed by atoms with E-state index in [1.165, 1.54) is 6.42 Å². The number of hydrogen-bond acceptors (Lipinski definition) is 3. The van der Waals surface area contributed by atoms with E-state index < -0.39 is 11.7 Å². The van der Waals surface area contributed by atoms with Crippen molar-refractivity contribution in [3.05, 3.63) is 29.8 Å². The minimum atomic E-state index is -1.02. The second-order valence-corrected chi connectivity index (χ2v) is 5.86. The molecular formula is C17H26O3. The van der Waals surface area contributed by atoms with Crippen LogP contribution < -0.4 is 4.74 Å². The Morgan fingerprint density at radius 2 is 1.80 bits per heavy atom. The third kappa shape index (κ3) is 2.99. The molecule has 0 saturated heterocycles. The zero-order valence-electron chi connectivity index (χ0n) is 12.5. The summed E-state index contributed by atoms with van der Waals surface area (Å²) in [6.45, 7) is 1.96. The Bertz CT molecular complexity index is 409. The van der Waals surface area contributed by atoms with E-state index >= 15 is 0 Å². The molecule has 2 atom stereocenters. The molecule has 0 heterocycles. The fraction of sp³-hybridized carbons (Fsp3) is 0.647. The Kier molecular flexibility index (Phi) is 5.06. The van der Waals surface area contributed by atoms with Gasteiger partial charge in [0.25, 0.3) is 0 Å². The normalized spacial score (nSPS) is 21.2.